The van der Waals surface area contributed by atoms with E-state index in [9.17, 15) is 9.59 Å². The molecule has 1 aliphatic heterocycles. The zero-order chi connectivity index (χ0) is 19.9. The number of fused-ring (bicyclic) bond motifs is 1. The number of carbonyl (C=O) groups is 1. The van der Waals surface area contributed by atoms with Crippen molar-refractivity contribution in [2.75, 3.05) is 19.6 Å². The van der Waals surface area contributed by atoms with Crippen LogP contribution in [-0.4, -0.2) is 44.8 Å². The summed E-state index contributed by atoms with van der Waals surface area (Å²) in [7, 11) is 3.61. The quantitative estimate of drug-likeness (QED) is 0.745. The third-order valence-corrected chi connectivity index (χ3v) is 6.07. The largest absolute Gasteiger partial charge is 0.338 e. The molecule has 1 amide bonds. The van der Waals surface area contributed by atoms with Crippen LogP contribution in [0, 0.1) is 0 Å². The number of piperidine rings is 1. The molecule has 0 radical (unpaired) electrons. The maximum atomic E-state index is 13.1. The minimum atomic E-state index is -0.259. The van der Waals surface area contributed by atoms with Crippen LogP contribution in [-0.2, 0) is 19.5 Å². The Kier molecular flexibility index (Phi) is 4.55. The van der Waals surface area contributed by atoms with Crippen molar-refractivity contribution in [3.8, 4) is 0 Å². The average molecular weight is 379 g/mol. The highest BCUT2D eigenvalue weighted by Crippen LogP contribution is 2.34. The number of benzene rings is 1. The highest BCUT2D eigenvalue weighted by molar-refractivity contribution is 5.97. The van der Waals surface area contributed by atoms with Gasteiger partial charge in [0.2, 0.25) is 5.43 Å². The van der Waals surface area contributed by atoms with E-state index in [2.05, 4.69) is 17.2 Å². The zero-order valence-corrected chi connectivity index (χ0v) is 16.3. The van der Waals surface area contributed by atoms with Gasteiger partial charge in [-0.1, -0.05) is 30.3 Å². The van der Waals surface area contributed by atoms with Gasteiger partial charge < -0.3 is 15.2 Å². The van der Waals surface area contributed by atoms with Gasteiger partial charge in [0, 0.05) is 45.3 Å². The Labute approximate surface area is 163 Å². The van der Waals surface area contributed by atoms with E-state index in [4.69, 9.17) is 5.73 Å². The first-order valence-electron chi connectivity index (χ1n) is 9.53. The predicted molar refractivity (Wildman–Crippen MR) is 108 cm³/mol. The van der Waals surface area contributed by atoms with Crippen LogP contribution in [0.1, 0.15) is 28.8 Å². The Hall–Kier alpha value is -2.93. The molecule has 2 N–H and O–H groups in total. The molecule has 3 aromatic rings. The van der Waals surface area contributed by atoms with Crippen molar-refractivity contribution in [3.05, 3.63) is 64.1 Å². The third kappa shape index (κ3) is 2.82. The van der Waals surface area contributed by atoms with Crippen LogP contribution in [0.3, 0.4) is 0 Å². The summed E-state index contributed by atoms with van der Waals surface area (Å²) in [5.41, 5.74) is 7.89. The van der Waals surface area contributed by atoms with E-state index >= 15 is 0 Å². The van der Waals surface area contributed by atoms with Crippen LogP contribution in [0.15, 0.2) is 47.5 Å². The van der Waals surface area contributed by atoms with Crippen molar-refractivity contribution in [2.45, 2.75) is 18.3 Å². The number of hydrogen-bond donors (Lipinski definition) is 1. The second kappa shape index (κ2) is 6.91. The lowest BCUT2D eigenvalue weighted by Crippen LogP contribution is -2.49. The Morgan fingerprint density at radius 2 is 1.86 bits per heavy atom. The molecule has 1 fully saturated rings. The molecule has 2 aromatic heterocycles. The van der Waals surface area contributed by atoms with Gasteiger partial charge in [0.05, 0.1) is 11.6 Å². The van der Waals surface area contributed by atoms with Crippen molar-refractivity contribution < 1.29 is 4.79 Å². The molecule has 0 aliphatic carbocycles. The molecule has 0 saturated carbocycles. The fourth-order valence-electron chi connectivity index (χ4n) is 4.33. The van der Waals surface area contributed by atoms with Gasteiger partial charge in [-0.25, -0.2) is 0 Å². The highest BCUT2D eigenvalue weighted by atomic mass is 16.2. The van der Waals surface area contributed by atoms with Crippen LogP contribution in [0.25, 0.3) is 11.0 Å². The molecule has 3 heterocycles. The molecular formula is C21H25N5O2. The molecule has 0 bridgehead atoms. The smallest absolute Gasteiger partial charge is 0.259 e. The number of rotatable bonds is 3. The van der Waals surface area contributed by atoms with Crippen LogP contribution < -0.4 is 11.2 Å². The second-order valence-electron chi connectivity index (χ2n) is 7.63. The van der Waals surface area contributed by atoms with Crippen LogP contribution in [0.2, 0.25) is 0 Å². The lowest BCUT2D eigenvalue weighted by Gasteiger charge is -2.41. The predicted octanol–water partition coefficient (Wildman–Crippen LogP) is 1.40. The van der Waals surface area contributed by atoms with Crippen molar-refractivity contribution in [1.29, 1.82) is 0 Å². The molecular weight excluding hydrogens is 354 g/mol. The van der Waals surface area contributed by atoms with Gasteiger partial charge in [-0.3, -0.25) is 14.3 Å². The van der Waals surface area contributed by atoms with Crippen molar-refractivity contribution in [1.82, 2.24) is 19.2 Å². The minimum absolute atomic E-state index is 0.115. The Morgan fingerprint density at radius 1 is 1.18 bits per heavy atom. The summed E-state index contributed by atoms with van der Waals surface area (Å²) >= 11 is 0. The van der Waals surface area contributed by atoms with E-state index < -0.39 is 0 Å². The van der Waals surface area contributed by atoms with E-state index in [-0.39, 0.29) is 22.3 Å². The standard InChI is InChI=1S/C21H25N5O2/c1-24-13-17(18(27)16-12-23-25(2)19(16)24)20(28)26-10-8-21(14-22,9-11-26)15-6-4-3-5-7-15/h3-7,12-13H,8-11,14,22H2,1-2H3. The Bertz CT molecular complexity index is 1080. The van der Waals surface area contributed by atoms with E-state index in [0.717, 1.165) is 12.8 Å². The fourth-order valence-corrected chi connectivity index (χ4v) is 4.33. The van der Waals surface area contributed by atoms with Gasteiger partial charge in [0.25, 0.3) is 5.91 Å². The van der Waals surface area contributed by atoms with Crippen LogP contribution in [0.4, 0.5) is 0 Å². The number of aromatic nitrogens is 3. The number of amides is 1. The molecule has 146 valence electrons. The summed E-state index contributed by atoms with van der Waals surface area (Å²) in [6.45, 7) is 1.71. The molecule has 1 aliphatic rings. The topological polar surface area (TPSA) is 86.2 Å². The molecule has 28 heavy (non-hydrogen) atoms. The zero-order valence-electron chi connectivity index (χ0n) is 16.3. The molecule has 7 heteroatoms. The van der Waals surface area contributed by atoms with E-state index in [1.807, 2.05) is 25.2 Å². The van der Waals surface area contributed by atoms with Gasteiger partial charge in [-0.15, -0.1) is 0 Å². The van der Waals surface area contributed by atoms with Gasteiger partial charge >= 0.3 is 0 Å². The molecule has 0 atom stereocenters. The number of hydrogen-bond acceptors (Lipinski definition) is 4. The fraction of sp³-hybridized carbons (Fsp3) is 0.381. The van der Waals surface area contributed by atoms with E-state index in [1.54, 1.807) is 27.4 Å². The first-order valence-corrected chi connectivity index (χ1v) is 9.53. The Balaban J connectivity index is 1.60. The number of carbonyl (C=O) groups excluding carboxylic acids is 1. The summed E-state index contributed by atoms with van der Waals surface area (Å²) in [4.78, 5) is 27.7. The highest BCUT2D eigenvalue weighted by Gasteiger charge is 2.37. The summed E-state index contributed by atoms with van der Waals surface area (Å²) in [6.07, 6.45) is 4.72. The van der Waals surface area contributed by atoms with Gasteiger partial charge in [-0.2, -0.15) is 5.10 Å². The van der Waals surface area contributed by atoms with E-state index in [0.29, 0.717) is 30.7 Å². The summed E-state index contributed by atoms with van der Waals surface area (Å²) in [5.74, 6) is -0.218. The number of pyridine rings is 1. The Morgan fingerprint density at radius 3 is 2.50 bits per heavy atom. The molecule has 1 saturated heterocycles. The first kappa shape index (κ1) is 18.4. The maximum Gasteiger partial charge on any atom is 0.259 e. The van der Waals surface area contributed by atoms with Gasteiger partial charge in [0.15, 0.2) is 0 Å². The molecule has 0 unspecified atom stereocenters. The number of nitrogens with two attached hydrogens (primary N) is 1. The number of likely N-dealkylation sites (tertiary alicyclic amines) is 1. The number of nitrogens with zero attached hydrogens (tertiary/aromatic N) is 4. The van der Waals surface area contributed by atoms with Crippen molar-refractivity contribution in [2.24, 2.45) is 19.8 Å². The van der Waals surface area contributed by atoms with Crippen LogP contribution in [0.5, 0.6) is 0 Å². The lowest BCUT2D eigenvalue weighted by molar-refractivity contribution is 0.0668. The third-order valence-electron chi connectivity index (χ3n) is 6.07. The van der Waals surface area contributed by atoms with Gasteiger partial charge in [0.1, 0.15) is 11.2 Å². The normalized spacial score (nSPS) is 16.5. The molecule has 4 rings (SSSR count). The monoisotopic (exact) mass is 379 g/mol. The SMILES string of the molecule is Cn1cc(C(=O)N2CCC(CN)(c3ccccc3)CC2)c(=O)c2cnn(C)c21. The summed E-state index contributed by atoms with van der Waals surface area (Å²) in [6, 6.07) is 10.3. The summed E-state index contributed by atoms with van der Waals surface area (Å²) in [5, 5.41) is 4.62. The minimum Gasteiger partial charge on any atom is -0.338 e. The lowest BCUT2D eigenvalue weighted by atomic mass is 9.73. The number of aryl methyl sites for hydroxylation is 2. The molecule has 1 aromatic carbocycles. The van der Waals surface area contributed by atoms with Crippen molar-refractivity contribution in [3.63, 3.8) is 0 Å². The van der Waals surface area contributed by atoms with Gasteiger partial charge in [-0.05, 0) is 18.4 Å². The first-order chi connectivity index (χ1) is 13.5. The van der Waals surface area contributed by atoms with Crippen molar-refractivity contribution >= 4 is 16.9 Å². The maximum absolute atomic E-state index is 13.1. The van der Waals surface area contributed by atoms with E-state index in [1.165, 1.54) is 11.8 Å². The average Bonchev–Trinajstić information content (AvgIpc) is 3.13. The van der Waals surface area contributed by atoms with Crippen LogP contribution >= 0.6 is 0 Å². The second-order valence-corrected chi connectivity index (χ2v) is 7.63. The molecule has 0 spiro atoms. The molecule has 7 nitrogen and oxygen atoms in total. The summed E-state index contributed by atoms with van der Waals surface area (Å²) < 4.78 is 3.43.